The van der Waals surface area contributed by atoms with E-state index in [4.69, 9.17) is 0 Å². The Morgan fingerprint density at radius 2 is 1.08 bits per heavy atom. The third-order valence-electron chi connectivity index (χ3n) is 3.61. The highest BCUT2D eigenvalue weighted by Gasteiger charge is 2.22. The van der Waals surface area contributed by atoms with Crippen molar-refractivity contribution < 1.29 is 0 Å². The quantitative estimate of drug-likeness (QED) is 0.639. The van der Waals surface area contributed by atoms with Gasteiger partial charge < -0.3 is 16.0 Å². The van der Waals surface area contributed by atoms with E-state index < -0.39 is 0 Å². The molecule has 0 bridgehead atoms. The van der Waals surface area contributed by atoms with E-state index in [2.05, 4.69) is 30.9 Å². The molecule has 1 aromatic heterocycles. The minimum absolute atomic E-state index is 0.474. The lowest BCUT2D eigenvalue weighted by Crippen LogP contribution is -2.10. The van der Waals surface area contributed by atoms with Crippen LogP contribution in [0.5, 0.6) is 0 Å². The summed E-state index contributed by atoms with van der Waals surface area (Å²) >= 11 is 0. The van der Waals surface area contributed by atoms with Gasteiger partial charge in [-0.3, -0.25) is 0 Å². The predicted octanol–water partition coefficient (Wildman–Crippen LogP) is 3.93. The lowest BCUT2D eigenvalue weighted by molar-refractivity contribution is 1.01. The molecule has 1 fully saturated rings. The van der Waals surface area contributed by atoms with Crippen molar-refractivity contribution in [3.05, 3.63) is 60.7 Å². The third-order valence-corrected chi connectivity index (χ3v) is 3.61. The molecule has 0 atom stereocenters. The molecule has 2 aromatic carbocycles. The second-order valence-corrected chi connectivity index (χ2v) is 5.71. The van der Waals surface area contributed by atoms with E-state index in [-0.39, 0.29) is 0 Å². The monoisotopic (exact) mass is 318 g/mol. The first kappa shape index (κ1) is 14.4. The van der Waals surface area contributed by atoms with E-state index in [1.807, 2.05) is 60.7 Å². The summed E-state index contributed by atoms with van der Waals surface area (Å²) in [5.41, 5.74) is 1.87. The van der Waals surface area contributed by atoms with Crippen molar-refractivity contribution in [3.8, 4) is 0 Å². The van der Waals surface area contributed by atoms with Crippen molar-refractivity contribution in [2.75, 3.05) is 16.0 Å². The molecular formula is C18H18N6. The molecule has 4 rings (SSSR count). The Hall–Kier alpha value is -3.15. The standard InChI is InChI=1S/C18H18N6/c1-3-7-13(8-4-1)19-16-22-17(20-14-9-5-2-6-10-14)24-18(23-16)21-15-11-12-15/h1-10,15H,11-12H2,(H3,19,20,21,22,23,24). The first-order chi connectivity index (χ1) is 11.8. The minimum atomic E-state index is 0.474. The molecule has 1 aliphatic carbocycles. The van der Waals surface area contributed by atoms with Gasteiger partial charge in [0.25, 0.3) is 0 Å². The number of benzene rings is 2. The summed E-state index contributed by atoms with van der Waals surface area (Å²) in [4.78, 5) is 13.4. The van der Waals surface area contributed by atoms with Crippen LogP contribution in [0.15, 0.2) is 60.7 Å². The summed E-state index contributed by atoms with van der Waals surface area (Å²) in [5.74, 6) is 1.61. The van der Waals surface area contributed by atoms with Gasteiger partial charge in [0.2, 0.25) is 17.8 Å². The van der Waals surface area contributed by atoms with Gasteiger partial charge in [-0.05, 0) is 37.1 Å². The van der Waals surface area contributed by atoms with E-state index in [1.54, 1.807) is 0 Å². The third kappa shape index (κ3) is 3.78. The molecular weight excluding hydrogens is 300 g/mol. The smallest absolute Gasteiger partial charge is 0.233 e. The first-order valence-corrected chi connectivity index (χ1v) is 8.02. The Morgan fingerprint density at radius 3 is 1.54 bits per heavy atom. The lowest BCUT2D eigenvalue weighted by Gasteiger charge is -2.11. The number of hydrogen-bond acceptors (Lipinski definition) is 6. The molecule has 0 saturated heterocycles. The zero-order chi connectivity index (χ0) is 16.2. The Bertz CT molecular complexity index is 743. The van der Waals surface area contributed by atoms with Crippen molar-refractivity contribution >= 4 is 29.2 Å². The lowest BCUT2D eigenvalue weighted by atomic mass is 10.3. The SMILES string of the molecule is c1ccc(Nc2nc(Nc3ccccc3)nc(NC3CC3)n2)cc1. The normalized spacial score (nSPS) is 13.3. The summed E-state index contributed by atoms with van der Waals surface area (Å²) in [6.45, 7) is 0. The molecule has 0 unspecified atom stereocenters. The van der Waals surface area contributed by atoms with Gasteiger partial charge in [-0.2, -0.15) is 15.0 Å². The van der Waals surface area contributed by atoms with Crippen LogP contribution in [-0.2, 0) is 0 Å². The number of nitrogens with one attached hydrogen (secondary N) is 3. The van der Waals surface area contributed by atoms with Crippen molar-refractivity contribution in [2.24, 2.45) is 0 Å². The minimum Gasteiger partial charge on any atom is -0.351 e. The Kier molecular flexibility index (Phi) is 3.93. The van der Waals surface area contributed by atoms with Crippen LogP contribution in [0.3, 0.4) is 0 Å². The molecule has 3 aromatic rings. The van der Waals surface area contributed by atoms with Crippen molar-refractivity contribution in [1.82, 2.24) is 15.0 Å². The molecule has 0 radical (unpaired) electrons. The molecule has 1 saturated carbocycles. The molecule has 6 heteroatoms. The summed E-state index contributed by atoms with van der Waals surface area (Å²) < 4.78 is 0. The largest absolute Gasteiger partial charge is 0.351 e. The van der Waals surface area contributed by atoms with E-state index in [9.17, 15) is 0 Å². The van der Waals surface area contributed by atoms with Crippen LogP contribution in [-0.4, -0.2) is 21.0 Å². The van der Waals surface area contributed by atoms with Crippen LogP contribution in [0.1, 0.15) is 12.8 Å². The molecule has 6 nitrogen and oxygen atoms in total. The number of aromatic nitrogens is 3. The van der Waals surface area contributed by atoms with Gasteiger partial charge in [0.15, 0.2) is 0 Å². The van der Waals surface area contributed by atoms with Crippen LogP contribution in [0.2, 0.25) is 0 Å². The number of nitrogens with zero attached hydrogens (tertiary/aromatic N) is 3. The second-order valence-electron chi connectivity index (χ2n) is 5.71. The van der Waals surface area contributed by atoms with Gasteiger partial charge in [0, 0.05) is 17.4 Å². The highest BCUT2D eigenvalue weighted by Crippen LogP contribution is 2.25. The molecule has 1 aliphatic rings. The first-order valence-electron chi connectivity index (χ1n) is 8.02. The molecule has 0 amide bonds. The fraction of sp³-hybridized carbons (Fsp3) is 0.167. The zero-order valence-electron chi connectivity index (χ0n) is 13.1. The molecule has 1 heterocycles. The van der Waals surface area contributed by atoms with E-state index in [0.29, 0.717) is 23.9 Å². The van der Waals surface area contributed by atoms with Crippen LogP contribution >= 0.6 is 0 Å². The number of para-hydroxylation sites is 2. The van der Waals surface area contributed by atoms with Gasteiger partial charge in [0.1, 0.15) is 0 Å². The fourth-order valence-electron chi connectivity index (χ4n) is 2.26. The maximum absolute atomic E-state index is 4.47. The maximum atomic E-state index is 4.47. The summed E-state index contributed by atoms with van der Waals surface area (Å²) in [6, 6.07) is 20.2. The maximum Gasteiger partial charge on any atom is 0.233 e. The topological polar surface area (TPSA) is 74.8 Å². The van der Waals surface area contributed by atoms with Crippen LogP contribution in [0.25, 0.3) is 0 Å². The second kappa shape index (κ2) is 6.54. The van der Waals surface area contributed by atoms with Gasteiger partial charge in [-0.25, -0.2) is 0 Å². The molecule has 3 N–H and O–H groups in total. The Morgan fingerprint density at radius 1 is 0.625 bits per heavy atom. The molecule has 24 heavy (non-hydrogen) atoms. The number of rotatable bonds is 6. The zero-order valence-corrected chi connectivity index (χ0v) is 13.1. The van der Waals surface area contributed by atoms with E-state index >= 15 is 0 Å². The van der Waals surface area contributed by atoms with Crippen LogP contribution in [0.4, 0.5) is 29.2 Å². The number of anilines is 5. The van der Waals surface area contributed by atoms with Crippen molar-refractivity contribution in [2.45, 2.75) is 18.9 Å². The van der Waals surface area contributed by atoms with Gasteiger partial charge in [-0.15, -0.1) is 0 Å². The summed E-state index contributed by atoms with van der Waals surface area (Å²) in [6.07, 6.45) is 2.32. The van der Waals surface area contributed by atoms with E-state index in [0.717, 1.165) is 24.2 Å². The van der Waals surface area contributed by atoms with Gasteiger partial charge in [-0.1, -0.05) is 36.4 Å². The van der Waals surface area contributed by atoms with Gasteiger partial charge >= 0.3 is 0 Å². The molecule has 120 valence electrons. The van der Waals surface area contributed by atoms with Gasteiger partial charge in [0.05, 0.1) is 0 Å². The highest BCUT2D eigenvalue weighted by atomic mass is 15.3. The van der Waals surface area contributed by atoms with Crippen LogP contribution < -0.4 is 16.0 Å². The van der Waals surface area contributed by atoms with E-state index in [1.165, 1.54) is 0 Å². The summed E-state index contributed by atoms with van der Waals surface area (Å²) in [5, 5.41) is 9.77. The van der Waals surface area contributed by atoms with Crippen molar-refractivity contribution in [3.63, 3.8) is 0 Å². The predicted molar refractivity (Wildman–Crippen MR) is 95.9 cm³/mol. The Labute approximate surface area is 140 Å². The molecule has 0 spiro atoms. The Balaban J connectivity index is 1.60. The van der Waals surface area contributed by atoms with Crippen LogP contribution in [0, 0.1) is 0 Å². The molecule has 0 aliphatic heterocycles. The fourth-order valence-corrected chi connectivity index (χ4v) is 2.26. The average Bonchev–Trinajstić information content (AvgIpc) is 3.40. The average molecular weight is 318 g/mol. The van der Waals surface area contributed by atoms with Crippen molar-refractivity contribution in [1.29, 1.82) is 0 Å². The summed E-state index contributed by atoms with van der Waals surface area (Å²) in [7, 11) is 0. The number of hydrogen-bond donors (Lipinski definition) is 3. The highest BCUT2D eigenvalue weighted by molar-refractivity contribution is 5.59.